The molecule has 4 heteroatoms. The highest BCUT2D eigenvalue weighted by atomic mass is 15.2. The fourth-order valence-electron chi connectivity index (χ4n) is 2.97. The van der Waals surface area contributed by atoms with Crippen molar-refractivity contribution in [3.05, 3.63) is 12.4 Å². The van der Waals surface area contributed by atoms with Gasteiger partial charge in [0.15, 0.2) is 0 Å². The fraction of sp³-hybridized carbons (Fsp3) is 0.800. The molecule has 1 atom stereocenters. The summed E-state index contributed by atoms with van der Waals surface area (Å²) in [6.07, 6.45) is 12.0. The first kappa shape index (κ1) is 13.0. The maximum Gasteiger partial charge on any atom is 0.202 e. The highest BCUT2D eigenvalue weighted by Crippen LogP contribution is 2.24. The number of likely N-dealkylation sites (tertiary alicyclic amines) is 1. The van der Waals surface area contributed by atoms with E-state index in [1.807, 2.05) is 6.20 Å². The van der Waals surface area contributed by atoms with Gasteiger partial charge in [0, 0.05) is 37.6 Å². The molecule has 19 heavy (non-hydrogen) atoms. The summed E-state index contributed by atoms with van der Waals surface area (Å²) < 4.78 is 2.27. The Labute approximate surface area is 116 Å². The zero-order chi connectivity index (χ0) is 13.1. The molecule has 1 aliphatic heterocycles. The summed E-state index contributed by atoms with van der Waals surface area (Å²) >= 11 is 0. The SMILES string of the molecule is CC1CCCCN1CCCn1ccnc1NC1CC1. The predicted molar refractivity (Wildman–Crippen MR) is 78.4 cm³/mol. The first-order valence-corrected chi connectivity index (χ1v) is 7.84. The molecule has 0 bridgehead atoms. The van der Waals surface area contributed by atoms with Gasteiger partial charge < -0.3 is 14.8 Å². The van der Waals surface area contributed by atoms with Gasteiger partial charge >= 0.3 is 0 Å². The Kier molecular flexibility index (Phi) is 4.06. The smallest absolute Gasteiger partial charge is 0.202 e. The van der Waals surface area contributed by atoms with Gasteiger partial charge in [-0.2, -0.15) is 0 Å². The first-order valence-electron chi connectivity index (χ1n) is 7.84. The average molecular weight is 262 g/mol. The summed E-state index contributed by atoms with van der Waals surface area (Å²) in [5.41, 5.74) is 0. The maximum atomic E-state index is 4.41. The van der Waals surface area contributed by atoms with Crippen molar-refractivity contribution in [1.29, 1.82) is 0 Å². The van der Waals surface area contributed by atoms with Crippen molar-refractivity contribution in [2.45, 2.75) is 64.1 Å². The van der Waals surface area contributed by atoms with E-state index in [0.717, 1.165) is 18.5 Å². The molecule has 106 valence electrons. The summed E-state index contributed by atoms with van der Waals surface area (Å²) in [5.74, 6) is 1.06. The van der Waals surface area contributed by atoms with Crippen LogP contribution in [0.1, 0.15) is 45.4 Å². The minimum atomic E-state index is 0.684. The van der Waals surface area contributed by atoms with Gasteiger partial charge in [-0.25, -0.2) is 4.98 Å². The van der Waals surface area contributed by atoms with Crippen LogP contribution in [0.5, 0.6) is 0 Å². The van der Waals surface area contributed by atoms with Crippen molar-refractivity contribution >= 4 is 5.95 Å². The van der Waals surface area contributed by atoms with E-state index in [9.17, 15) is 0 Å². The molecule has 1 N–H and O–H groups in total. The van der Waals surface area contributed by atoms with E-state index in [0.29, 0.717) is 6.04 Å². The lowest BCUT2D eigenvalue weighted by Crippen LogP contribution is -2.38. The summed E-state index contributed by atoms with van der Waals surface area (Å²) in [6.45, 7) is 5.97. The van der Waals surface area contributed by atoms with Gasteiger partial charge in [-0.05, 0) is 45.6 Å². The monoisotopic (exact) mass is 262 g/mol. The largest absolute Gasteiger partial charge is 0.353 e. The maximum absolute atomic E-state index is 4.41. The van der Waals surface area contributed by atoms with Gasteiger partial charge in [-0.15, -0.1) is 0 Å². The lowest BCUT2D eigenvalue weighted by molar-refractivity contribution is 0.157. The first-order chi connectivity index (χ1) is 9.33. The third-order valence-electron chi connectivity index (χ3n) is 4.41. The van der Waals surface area contributed by atoms with E-state index in [1.165, 1.54) is 51.6 Å². The molecule has 0 radical (unpaired) electrons. The Balaban J connectivity index is 1.45. The minimum Gasteiger partial charge on any atom is -0.353 e. The lowest BCUT2D eigenvalue weighted by atomic mass is 10.0. The second kappa shape index (κ2) is 5.95. The number of aryl methyl sites for hydroxylation is 1. The Hall–Kier alpha value is -1.03. The molecule has 2 heterocycles. The molecule has 1 saturated carbocycles. The van der Waals surface area contributed by atoms with Crippen LogP contribution >= 0.6 is 0 Å². The Bertz CT molecular complexity index is 397. The zero-order valence-electron chi connectivity index (χ0n) is 12.0. The van der Waals surface area contributed by atoms with E-state index < -0.39 is 0 Å². The lowest BCUT2D eigenvalue weighted by Gasteiger charge is -2.33. The van der Waals surface area contributed by atoms with Gasteiger partial charge in [-0.1, -0.05) is 6.42 Å². The highest BCUT2D eigenvalue weighted by Gasteiger charge is 2.22. The Morgan fingerprint density at radius 1 is 1.26 bits per heavy atom. The van der Waals surface area contributed by atoms with Crippen LogP contribution in [0.15, 0.2) is 12.4 Å². The molecule has 2 aliphatic rings. The van der Waals surface area contributed by atoms with Crippen molar-refractivity contribution in [1.82, 2.24) is 14.5 Å². The molecule has 1 aromatic heterocycles. The quantitative estimate of drug-likeness (QED) is 0.855. The molecule has 0 aromatic carbocycles. The van der Waals surface area contributed by atoms with Crippen LogP contribution in [0.2, 0.25) is 0 Å². The van der Waals surface area contributed by atoms with E-state index in [-0.39, 0.29) is 0 Å². The molecule has 3 rings (SSSR count). The molecule has 1 unspecified atom stereocenters. The normalized spacial score (nSPS) is 24.6. The summed E-state index contributed by atoms with van der Waals surface area (Å²) in [6, 6.07) is 1.46. The van der Waals surface area contributed by atoms with Crippen molar-refractivity contribution < 1.29 is 0 Å². The number of imidazole rings is 1. The minimum absolute atomic E-state index is 0.684. The number of hydrogen-bond acceptors (Lipinski definition) is 3. The van der Waals surface area contributed by atoms with Crippen molar-refractivity contribution in [3.63, 3.8) is 0 Å². The number of nitrogens with one attached hydrogen (secondary N) is 1. The Morgan fingerprint density at radius 3 is 2.95 bits per heavy atom. The summed E-state index contributed by atoms with van der Waals surface area (Å²) in [5, 5.41) is 3.50. The van der Waals surface area contributed by atoms with Crippen molar-refractivity contribution in [3.8, 4) is 0 Å². The number of nitrogens with zero attached hydrogens (tertiary/aromatic N) is 3. The van der Waals surface area contributed by atoms with E-state index in [2.05, 4.69) is 32.9 Å². The van der Waals surface area contributed by atoms with Gasteiger partial charge in [0.2, 0.25) is 5.95 Å². The average Bonchev–Trinajstić information content (AvgIpc) is 3.12. The van der Waals surface area contributed by atoms with Crippen LogP contribution in [0.3, 0.4) is 0 Å². The van der Waals surface area contributed by atoms with Crippen LogP contribution in [-0.4, -0.2) is 39.6 Å². The molecule has 2 fully saturated rings. The van der Waals surface area contributed by atoms with Gasteiger partial charge in [-0.3, -0.25) is 0 Å². The molecule has 4 nitrogen and oxygen atoms in total. The van der Waals surface area contributed by atoms with E-state index >= 15 is 0 Å². The van der Waals surface area contributed by atoms with Crippen molar-refractivity contribution in [2.24, 2.45) is 0 Å². The van der Waals surface area contributed by atoms with Crippen LogP contribution in [0, 0.1) is 0 Å². The molecular formula is C15H26N4. The highest BCUT2D eigenvalue weighted by molar-refractivity contribution is 5.29. The number of rotatable bonds is 6. The third-order valence-corrected chi connectivity index (χ3v) is 4.41. The topological polar surface area (TPSA) is 33.1 Å². The second-order valence-electron chi connectivity index (χ2n) is 6.10. The number of piperidine rings is 1. The predicted octanol–water partition coefficient (Wildman–Crippen LogP) is 2.72. The zero-order valence-corrected chi connectivity index (χ0v) is 12.0. The standard InChI is InChI=1S/C15H26N4/c1-13-5-2-3-9-18(13)10-4-11-19-12-8-16-15(19)17-14-6-7-14/h8,12-14H,2-7,9-11H2,1H3,(H,16,17). The van der Waals surface area contributed by atoms with Crippen LogP contribution in [0.25, 0.3) is 0 Å². The van der Waals surface area contributed by atoms with E-state index in [4.69, 9.17) is 0 Å². The van der Waals surface area contributed by atoms with Gasteiger partial charge in [0.25, 0.3) is 0 Å². The van der Waals surface area contributed by atoms with Crippen LogP contribution in [0.4, 0.5) is 5.95 Å². The Morgan fingerprint density at radius 2 is 2.16 bits per heavy atom. The number of hydrogen-bond donors (Lipinski definition) is 1. The molecule has 0 spiro atoms. The fourth-order valence-corrected chi connectivity index (χ4v) is 2.97. The number of anilines is 1. The summed E-state index contributed by atoms with van der Waals surface area (Å²) in [7, 11) is 0. The van der Waals surface area contributed by atoms with Crippen LogP contribution < -0.4 is 5.32 Å². The van der Waals surface area contributed by atoms with Gasteiger partial charge in [0.1, 0.15) is 0 Å². The van der Waals surface area contributed by atoms with Gasteiger partial charge in [0.05, 0.1) is 0 Å². The molecule has 0 amide bonds. The third kappa shape index (κ3) is 3.50. The van der Waals surface area contributed by atoms with Crippen molar-refractivity contribution in [2.75, 3.05) is 18.4 Å². The number of aromatic nitrogens is 2. The van der Waals surface area contributed by atoms with Crippen LogP contribution in [-0.2, 0) is 6.54 Å². The van der Waals surface area contributed by atoms with E-state index in [1.54, 1.807) is 0 Å². The summed E-state index contributed by atoms with van der Waals surface area (Å²) in [4.78, 5) is 7.06. The molecule has 1 aliphatic carbocycles. The molecule has 1 saturated heterocycles. The second-order valence-corrected chi connectivity index (χ2v) is 6.10. The molecular weight excluding hydrogens is 236 g/mol. The molecule has 1 aromatic rings.